The fourth-order valence-corrected chi connectivity index (χ4v) is 5.02. The Labute approximate surface area is 182 Å². The highest BCUT2D eigenvalue weighted by Crippen LogP contribution is 2.29. The highest BCUT2D eigenvalue weighted by atomic mass is 32.2. The van der Waals surface area contributed by atoms with Crippen molar-refractivity contribution >= 4 is 56.8 Å². The van der Waals surface area contributed by atoms with Crippen LogP contribution in [0.1, 0.15) is 35.3 Å². The zero-order valence-corrected chi connectivity index (χ0v) is 18.0. The third-order valence-electron chi connectivity index (χ3n) is 4.75. The van der Waals surface area contributed by atoms with Crippen molar-refractivity contribution in [2.24, 2.45) is 4.99 Å². The van der Waals surface area contributed by atoms with Gasteiger partial charge in [0.25, 0.3) is 11.8 Å². The van der Waals surface area contributed by atoms with E-state index in [2.05, 4.69) is 25.5 Å². The summed E-state index contributed by atoms with van der Waals surface area (Å²) in [5, 5.41) is 8.19. The van der Waals surface area contributed by atoms with Gasteiger partial charge in [-0.2, -0.15) is 4.99 Å². The summed E-state index contributed by atoms with van der Waals surface area (Å²) in [6, 6.07) is 6.59. The van der Waals surface area contributed by atoms with Gasteiger partial charge in [-0.1, -0.05) is 11.8 Å². The molecule has 30 heavy (non-hydrogen) atoms. The van der Waals surface area contributed by atoms with E-state index in [-0.39, 0.29) is 24.1 Å². The van der Waals surface area contributed by atoms with Gasteiger partial charge >= 0.3 is 0 Å². The van der Waals surface area contributed by atoms with Crippen LogP contribution in [0.25, 0.3) is 0 Å². The normalized spacial score (nSPS) is 18.4. The van der Waals surface area contributed by atoms with Gasteiger partial charge in [-0.05, 0) is 44.0 Å². The molecule has 0 aliphatic carbocycles. The Kier molecular flexibility index (Phi) is 6.14. The molecular weight excluding hydrogens is 422 g/mol. The second kappa shape index (κ2) is 8.97. The monoisotopic (exact) mass is 443 g/mol. The number of aryl methyl sites for hydroxylation is 1. The molecule has 4 rings (SSSR count). The predicted molar refractivity (Wildman–Crippen MR) is 119 cm³/mol. The fourth-order valence-electron chi connectivity index (χ4n) is 3.22. The van der Waals surface area contributed by atoms with E-state index in [4.69, 9.17) is 0 Å². The molecule has 8 nitrogen and oxygen atoms in total. The van der Waals surface area contributed by atoms with Crippen molar-refractivity contribution in [3.05, 3.63) is 40.9 Å². The van der Waals surface area contributed by atoms with Crippen molar-refractivity contribution in [3.63, 3.8) is 0 Å². The molecule has 10 heteroatoms. The molecule has 2 aromatic rings. The number of aliphatic imine (C=N–C) groups is 1. The number of carbonyl (C=O) groups is 3. The lowest BCUT2D eigenvalue weighted by Gasteiger charge is -2.16. The highest BCUT2D eigenvalue weighted by Gasteiger charge is 2.33. The first-order valence-corrected chi connectivity index (χ1v) is 11.4. The number of anilines is 2. The quantitative estimate of drug-likeness (QED) is 0.736. The van der Waals surface area contributed by atoms with Gasteiger partial charge in [0.1, 0.15) is 5.25 Å². The average molecular weight is 444 g/mol. The molecule has 1 aromatic carbocycles. The van der Waals surface area contributed by atoms with Gasteiger partial charge in [0.05, 0.1) is 5.69 Å². The number of nitrogens with one attached hydrogen (secondary N) is 2. The van der Waals surface area contributed by atoms with Crippen LogP contribution < -0.4 is 10.6 Å². The topological polar surface area (TPSA) is 104 Å². The zero-order valence-electron chi connectivity index (χ0n) is 16.4. The number of hydrogen-bond acceptors (Lipinski definition) is 7. The van der Waals surface area contributed by atoms with Gasteiger partial charge in [-0.25, -0.2) is 4.98 Å². The van der Waals surface area contributed by atoms with Gasteiger partial charge < -0.3 is 10.2 Å². The van der Waals surface area contributed by atoms with Crippen LogP contribution in [0, 0.1) is 6.92 Å². The number of rotatable bonds is 5. The van der Waals surface area contributed by atoms with Crippen LogP contribution in [0.15, 0.2) is 34.6 Å². The highest BCUT2D eigenvalue weighted by molar-refractivity contribution is 8.15. The Bertz CT molecular complexity index is 996. The number of amides is 3. The van der Waals surface area contributed by atoms with E-state index in [1.807, 2.05) is 12.3 Å². The summed E-state index contributed by atoms with van der Waals surface area (Å²) < 4.78 is 0. The molecular formula is C20H21N5O3S2. The lowest BCUT2D eigenvalue weighted by Crippen LogP contribution is -2.25. The maximum Gasteiger partial charge on any atom is 0.262 e. The van der Waals surface area contributed by atoms with Crippen molar-refractivity contribution in [2.45, 2.75) is 31.4 Å². The molecule has 0 bridgehead atoms. The van der Waals surface area contributed by atoms with Crippen LogP contribution >= 0.6 is 23.1 Å². The summed E-state index contributed by atoms with van der Waals surface area (Å²) in [5.74, 6) is -0.766. The summed E-state index contributed by atoms with van der Waals surface area (Å²) in [6.45, 7) is 3.70. The predicted octanol–water partition coefficient (Wildman–Crippen LogP) is 3.13. The largest absolute Gasteiger partial charge is 0.351 e. The van der Waals surface area contributed by atoms with E-state index < -0.39 is 5.25 Å². The molecule has 2 N–H and O–H groups in total. The minimum Gasteiger partial charge on any atom is -0.351 e. The molecule has 156 valence electrons. The summed E-state index contributed by atoms with van der Waals surface area (Å²) in [5.41, 5.74) is 1.88. The van der Waals surface area contributed by atoms with Crippen molar-refractivity contribution in [1.82, 2.24) is 9.88 Å². The molecule has 0 radical (unpaired) electrons. The first-order chi connectivity index (χ1) is 14.5. The smallest absolute Gasteiger partial charge is 0.262 e. The first kappa shape index (κ1) is 20.5. The average Bonchev–Trinajstić information content (AvgIpc) is 3.45. The molecule has 3 amide bonds. The minimum atomic E-state index is -0.479. The van der Waals surface area contributed by atoms with Gasteiger partial charge in [0.2, 0.25) is 5.91 Å². The molecule has 1 unspecified atom stereocenters. The van der Waals surface area contributed by atoms with E-state index in [9.17, 15) is 14.4 Å². The van der Waals surface area contributed by atoms with Gasteiger partial charge in [0.15, 0.2) is 10.3 Å². The Balaban J connectivity index is 1.28. The summed E-state index contributed by atoms with van der Waals surface area (Å²) in [6.07, 6.45) is 2.28. The van der Waals surface area contributed by atoms with Crippen LogP contribution in [0.5, 0.6) is 0 Å². The van der Waals surface area contributed by atoms with E-state index >= 15 is 0 Å². The van der Waals surface area contributed by atoms with E-state index in [1.165, 1.54) is 23.1 Å². The molecule has 0 spiro atoms. The third kappa shape index (κ3) is 4.88. The van der Waals surface area contributed by atoms with Gasteiger partial charge in [0, 0.05) is 36.1 Å². The lowest BCUT2D eigenvalue weighted by atomic mass is 10.2. The number of likely N-dealkylation sites (tertiary alicyclic amines) is 1. The second-order valence-electron chi connectivity index (χ2n) is 7.11. The number of thiazole rings is 1. The van der Waals surface area contributed by atoms with E-state index in [0.717, 1.165) is 36.8 Å². The van der Waals surface area contributed by atoms with Crippen molar-refractivity contribution in [3.8, 4) is 0 Å². The molecule has 1 fully saturated rings. The van der Waals surface area contributed by atoms with Crippen molar-refractivity contribution < 1.29 is 14.4 Å². The van der Waals surface area contributed by atoms with E-state index in [1.54, 1.807) is 24.3 Å². The van der Waals surface area contributed by atoms with Crippen molar-refractivity contribution in [1.29, 1.82) is 0 Å². The van der Waals surface area contributed by atoms with Crippen LogP contribution in [-0.2, 0) is 9.59 Å². The SMILES string of the molecule is Cc1csc(NC(=O)c2ccc(NC(=O)CC3SC(N4CCCC4)=NC3=O)cc2)n1. The maximum atomic E-state index is 12.4. The van der Waals surface area contributed by atoms with Gasteiger partial charge in [-0.15, -0.1) is 11.3 Å². The Hall–Kier alpha value is -2.72. The number of hydrogen-bond donors (Lipinski definition) is 2. The first-order valence-electron chi connectivity index (χ1n) is 9.65. The number of carbonyl (C=O) groups excluding carboxylic acids is 3. The standard InChI is InChI=1S/C20H21N5O3S2/c1-12-11-29-19(21-12)23-17(27)13-4-6-14(7-5-13)22-16(26)10-15-18(28)24-20(30-15)25-8-2-3-9-25/h4-7,11,15H,2-3,8-10H2,1H3,(H,22,26)(H,21,23,27). The Morgan fingerprint density at radius 2 is 1.90 bits per heavy atom. The molecule has 0 saturated carbocycles. The number of benzene rings is 1. The van der Waals surface area contributed by atoms with Crippen molar-refractivity contribution in [2.75, 3.05) is 23.7 Å². The number of aromatic nitrogens is 1. The fraction of sp³-hybridized carbons (Fsp3) is 0.350. The molecule has 1 saturated heterocycles. The van der Waals surface area contributed by atoms with Gasteiger partial charge in [-0.3, -0.25) is 19.7 Å². The molecule has 2 aliphatic heterocycles. The Morgan fingerprint density at radius 1 is 1.17 bits per heavy atom. The molecule has 1 aromatic heterocycles. The molecule has 3 heterocycles. The minimum absolute atomic E-state index is 0.0655. The summed E-state index contributed by atoms with van der Waals surface area (Å²) in [7, 11) is 0. The maximum absolute atomic E-state index is 12.4. The zero-order chi connectivity index (χ0) is 21.1. The molecule has 1 atom stereocenters. The number of amidine groups is 1. The van der Waals surface area contributed by atoms with E-state index in [0.29, 0.717) is 16.4 Å². The van der Waals surface area contributed by atoms with Crippen LogP contribution in [0.4, 0.5) is 10.8 Å². The summed E-state index contributed by atoms with van der Waals surface area (Å²) in [4.78, 5) is 47.2. The number of nitrogens with zero attached hydrogens (tertiary/aromatic N) is 3. The third-order valence-corrected chi connectivity index (χ3v) is 6.84. The Morgan fingerprint density at radius 3 is 2.57 bits per heavy atom. The van der Waals surface area contributed by atoms with Crippen LogP contribution in [0.3, 0.4) is 0 Å². The molecule has 2 aliphatic rings. The number of thioether (sulfide) groups is 1. The summed E-state index contributed by atoms with van der Waals surface area (Å²) >= 11 is 2.74. The van der Waals surface area contributed by atoms with Crippen LogP contribution in [-0.4, -0.2) is 51.1 Å². The van der Waals surface area contributed by atoms with Crippen LogP contribution in [0.2, 0.25) is 0 Å². The second-order valence-corrected chi connectivity index (χ2v) is 9.14. The lowest BCUT2D eigenvalue weighted by molar-refractivity contribution is -0.121.